The van der Waals surface area contributed by atoms with Crippen molar-refractivity contribution in [3.8, 4) is 0 Å². The summed E-state index contributed by atoms with van der Waals surface area (Å²) in [5.41, 5.74) is 1.18. The molecule has 3 aliphatic heterocycles. The maximum absolute atomic E-state index is 14.4. The van der Waals surface area contributed by atoms with E-state index in [9.17, 15) is 19.5 Å². The summed E-state index contributed by atoms with van der Waals surface area (Å²) in [5, 5.41) is 16.5. The summed E-state index contributed by atoms with van der Waals surface area (Å²) in [6.45, 7) is 9.44. The molecule has 39 heavy (non-hydrogen) atoms. The number of aryl methyl sites for hydroxylation is 2. The van der Waals surface area contributed by atoms with Crippen molar-refractivity contribution >= 4 is 29.1 Å². The van der Waals surface area contributed by atoms with Gasteiger partial charge in [0, 0.05) is 11.4 Å². The molecule has 0 aliphatic carbocycles. The molecule has 8 heteroatoms. The van der Waals surface area contributed by atoms with Gasteiger partial charge in [-0.15, -0.1) is 0 Å². The van der Waals surface area contributed by atoms with Gasteiger partial charge in [0.05, 0.1) is 30.1 Å². The zero-order valence-electron chi connectivity index (χ0n) is 23.4. The van der Waals surface area contributed by atoms with E-state index in [4.69, 9.17) is 4.74 Å². The summed E-state index contributed by atoms with van der Waals surface area (Å²) >= 11 is 0. The Labute approximate surface area is 230 Å². The Hall–Kier alpha value is -3.23. The van der Waals surface area contributed by atoms with Crippen LogP contribution in [0.15, 0.2) is 48.5 Å². The average molecular weight is 534 g/mol. The van der Waals surface area contributed by atoms with Crippen LogP contribution in [0.4, 0.5) is 11.4 Å². The summed E-state index contributed by atoms with van der Waals surface area (Å²) in [7, 11) is 0. The molecule has 0 aromatic heterocycles. The molecule has 3 saturated heterocycles. The molecule has 2 aromatic carbocycles. The molecule has 8 nitrogen and oxygen atoms in total. The lowest BCUT2D eigenvalue weighted by Gasteiger charge is -2.39. The van der Waals surface area contributed by atoms with E-state index in [1.807, 2.05) is 71.0 Å². The van der Waals surface area contributed by atoms with Gasteiger partial charge in [0.2, 0.25) is 17.7 Å². The topological polar surface area (TPSA) is 108 Å². The third-order valence-corrected chi connectivity index (χ3v) is 9.28. The highest BCUT2D eigenvalue weighted by Crippen LogP contribution is 2.63. The minimum atomic E-state index is -1.16. The molecule has 3 aliphatic rings. The van der Waals surface area contributed by atoms with Crippen LogP contribution in [0, 0.1) is 31.6 Å². The normalized spacial score (nSPS) is 30.7. The number of rotatable bonds is 8. The monoisotopic (exact) mass is 533 g/mol. The second kappa shape index (κ2) is 10.1. The fourth-order valence-corrected chi connectivity index (χ4v) is 7.05. The molecule has 2 unspecified atom stereocenters. The predicted octanol–water partition coefficient (Wildman–Crippen LogP) is 4.05. The van der Waals surface area contributed by atoms with Crippen LogP contribution in [-0.2, 0) is 19.1 Å². The molecule has 3 amide bonds. The molecule has 0 radical (unpaired) electrons. The van der Waals surface area contributed by atoms with Crippen LogP contribution in [0.3, 0.4) is 0 Å². The van der Waals surface area contributed by atoms with E-state index in [1.165, 1.54) is 0 Å². The first-order chi connectivity index (χ1) is 18.6. The van der Waals surface area contributed by atoms with Crippen LogP contribution in [0.25, 0.3) is 0 Å². The van der Waals surface area contributed by atoms with Gasteiger partial charge in [-0.1, -0.05) is 50.6 Å². The molecule has 1 spiro atoms. The van der Waals surface area contributed by atoms with Gasteiger partial charge < -0.3 is 25.4 Å². The first-order valence-electron chi connectivity index (χ1n) is 13.9. The van der Waals surface area contributed by atoms with E-state index in [1.54, 1.807) is 17.0 Å². The van der Waals surface area contributed by atoms with E-state index in [0.717, 1.165) is 11.1 Å². The van der Waals surface area contributed by atoms with Gasteiger partial charge in [0.1, 0.15) is 11.6 Å². The second-order valence-corrected chi connectivity index (χ2v) is 11.8. The van der Waals surface area contributed by atoms with Crippen LogP contribution in [-0.4, -0.2) is 57.6 Å². The van der Waals surface area contributed by atoms with Crippen LogP contribution >= 0.6 is 0 Å². The molecular weight excluding hydrogens is 494 g/mol. The van der Waals surface area contributed by atoms with Crippen molar-refractivity contribution in [2.75, 3.05) is 17.2 Å². The number of aliphatic hydroxyl groups is 1. The first kappa shape index (κ1) is 27.3. The number of aliphatic hydroxyl groups excluding tert-OH is 1. The zero-order chi connectivity index (χ0) is 28.1. The molecule has 3 heterocycles. The van der Waals surface area contributed by atoms with Gasteiger partial charge in [0.25, 0.3) is 0 Å². The van der Waals surface area contributed by atoms with E-state index < -0.39 is 35.1 Å². The van der Waals surface area contributed by atoms with Crippen molar-refractivity contribution in [3.63, 3.8) is 0 Å². The second-order valence-electron chi connectivity index (χ2n) is 11.8. The number of nitrogens with one attached hydrogen (secondary N) is 2. The van der Waals surface area contributed by atoms with Gasteiger partial charge in [-0.2, -0.15) is 0 Å². The Morgan fingerprint density at radius 1 is 1.10 bits per heavy atom. The van der Waals surface area contributed by atoms with E-state index in [2.05, 4.69) is 10.6 Å². The maximum atomic E-state index is 14.4. The Kier molecular flexibility index (Phi) is 7.06. The van der Waals surface area contributed by atoms with Gasteiger partial charge in [0.15, 0.2) is 0 Å². The largest absolute Gasteiger partial charge is 0.394 e. The number of nitrogens with zero attached hydrogens (tertiary/aromatic N) is 1. The Bertz CT molecular complexity index is 1280. The summed E-state index contributed by atoms with van der Waals surface area (Å²) in [6, 6.07) is 13.4. The lowest BCUT2D eigenvalue weighted by molar-refractivity contribution is -0.148. The summed E-state index contributed by atoms with van der Waals surface area (Å²) in [6.07, 6.45) is 1.75. The molecule has 3 N–H and O–H groups in total. The third kappa shape index (κ3) is 4.34. The number of ether oxygens (including phenoxy) is 1. The van der Waals surface area contributed by atoms with E-state index >= 15 is 0 Å². The fraction of sp³-hybridized carbons (Fsp3) is 0.516. The molecule has 2 bridgehead atoms. The molecule has 0 saturated carbocycles. The standard InChI is InChI=1S/C31H39N3O5/c1-6-19(3)23(17-35)34-26(28(37)33-22-16-18(2)12-13-20(22)4)31-15-14-30(5,39-31)24(25(31)29(34)38)27(36)32-21-10-8-7-9-11-21/h7-13,16,19,23-26,35H,6,14-15,17H2,1-5H3,(H,32,36)(H,33,37)/t19-,23-,24+,25-,26?,30-,31?/m0/s1. The number of fused-ring (bicyclic) bond motifs is 1. The van der Waals surface area contributed by atoms with Crippen LogP contribution in [0.5, 0.6) is 0 Å². The van der Waals surface area contributed by atoms with Crippen LogP contribution in [0.2, 0.25) is 0 Å². The SMILES string of the molecule is CC[C@H](C)[C@H](CO)N1C(=O)[C@@H]2[C@H](C(=O)Nc3ccccc3)[C@]3(C)CCC2(O3)C1C(=O)Nc1cc(C)ccc1C. The highest BCUT2D eigenvalue weighted by Gasteiger charge is 2.78. The predicted molar refractivity (Wildman–Crippen MR) is 149 cm³/mol. The number of carbonyl (C=O) groups is 3. The molecule has 3 fully saturated rings. The summed E-state index contributed by atoms with van der Waals surface area (Å²) in [4.78, 5) is 43.9. The zero-order valence-corrected chi connectivity index (χ0v) is 23.4. The average Bonchev–Trinajstić information content (AvgIpc) is 3.48. The van der Waals surface area contributed by atoms with Gasteiger partial charge in [-0.25, -0.2) is 0 Å². The lowest BCUT2D eigenvalue weighted by atomic mass is 9.66. The molecule has 208 valence electrons. The van der Waals surface area contributed by atoms with E-state index in [-0.39, 0.29) is 30.2 Å². The Morgan fingerprint density at radius 2 is 1.82 bits per heavy atom. The molecular formula is C31H39N3O5. The summed E-state index contributed by atoms with van der Waals surface area (Å²) in [5.74, 6) is -2.59. The number of amides is 3. The van der Waals surface area contributed by atoms with Crippen molar-refractivity contribution in [1.82, 2.24) is 4.90 Å². The number of hydrogen-bond acceptors (Lipinski definition) is 5. The fourth-order valence-electron chi connectivity index (χ4n) is 7.05. The van der Waals surface area contributed by atoms with Gasteiger partial charge >= 0.3 is 0 Å². The first-order valence-corrected chi connectivity index (χ1v) is 13.9. The number of anilines is 2. The van der Waals surface area contributed by atoms with Crippen LogP contribution in [0.1, 0.15) is 51.2 Å². The minimum absolute atomic E-state index is 0.0606. The highest BCUT2D eigenvalue weighted by molar-refractivity contribution is 6.05. The van der Waals surface area contributed by atoms with Crippen molar-refractivity contribution in [2.45, 2.75) is 77.2 Å². The Morgan fingerprint density at radius 3 is 2.49 bits per heavy atom. The van der Waals surface area contributed by atoms with Crippen molar-refractivity contribution < 1.29 is 24.2 Å². The van der Waals surface area contributed by atoms with Crippen molar-refractivity contribution in [1.29, 1.82) is 0 Å². The maximum Gasteiger partial charge on any atom is 0.250 e. The number of carbonyl (C=O) groups excluding carboxylic acids is 3. The van der Waals surface area contributed by atoms with Gasteiger partial charge in [-0.3, -0.25) is 14.4 Å². The lowest BCUT2D eigenvalue weighted by Crippen LogP contribution is -2.57. The quantitative estimate of drug-likeness (QED) is 0.475. The number of hydrogen-bond donors (Lipinski definition) is 3. The smallest absolute Gasteiger partial charge is 0.250 e. The van der Waals surface area contributed by atoms with E-state index in [0.29, 0.717) is 30.6 Å². The Balaban J connectivity index is 1.57. The highest BCUT2D eigenvalue weighted by atomic mass is 16.5. The van der Waals surface area contributed by atoms with Crippen LogP contribution < -0.4 is 10.6 Å². The van der Waals surface area contributed by atoms with Crippen molar-refractivity contribution in [3.05, 3.63) is 59.7 Å². The molecule has 5 rings (SSSR count). The van der Waals surface area contributed by atoms with Gasteiger partial charge in [-0.05, 0) is 68.9 Å². The molecule has 2 aromatic rings. The minimum Gasteiger partial charge on any atom is -0.394 e. The number of benzene rings is 2. The van der Waals surface area contributed by atoms with Crippen molar-refractivity contribution in [2.24, 2.45) is 17.8 Å². The number of likely N-dealkylation sites (tertiary alicyclic amines) is 1. The number of para-hydroxylation sites is 1. The third-order valence-electron chi connectivity index (χ3n) is 9.28. The molecule has 7 atom stereocenters. The summed E-state index contributed by atoms with van der Waals surface area (Å²) < 4.78 is 6.71.